The van der Waals surface area contributed by atoms with Crippen molar-refractivity contribution in [3.8, 4) is 11.3 Å². The number of rotatable bonds is 3. The van der Waals surface area contributed by atoms with Gasteiger partial charge >= 0.3 is 0 Å². The lowest BCUT2D eigenvalue weighted by Crippen LogP contribution is -2.06. The van der Waals surface area contributed by atoms with Crippen LogP contribution in [0, 0.1) is 6.92 Å². The van der Waals surface area contributed by atoms with Crippen LogP contribution >= 0.6 is 11.6 Å². The molecule has 0 fully saturated rings. The predicted octanol–water partition coefficient (Wildman–Crippen LogP) is 4.14. The fourth-order valence-corrected chi connectivity index (χ4v) is 2.62. The molecule has 0 aliphatic carbocycles. The second-order valence-corrected chi connectivity index (χ2v) is 5.35. The quantitative estimate of drug-likeness (QED) is 0.789. The van der Waals surface area contributed by atoms with Gasteiger partial charge in [-0.3, -0.25) is 0 Å². The molecule has 0 unspecified atom stereocenters. The SMILES string of the molecule is Cc1nc(-c2ccccc2Cl)c(N)n1Cc1ccccc1. The Morgan fingerprint density at radius 3 is 2.43 bits per heavy atom. The molecule has 1 heterocycles. The van der Waals surface area contributed by atoms with Gasteiger partial charge in [-0.2, -0.15) is 0 Å². The van der Waals surface area contributed by atoms with Crippen molar-refractivity contribution in [2.75, 3.05) is 5.73 Å². The van der Waals surface area contributed by atoms with Crippen molar-refractivity contribution in [3.63, 3.8) is 0 Å². The van der Waals surface area contributed by atoms with E-state index in [0.717, 1.165) is 17.1 Å². The van der Waals surface area contributed by atoms with Crippen LogP contribution in [-0.2, 0) is 6.54 Å². The molecule has 3 nitrogen and oxygen atoms in total. The van der Waals surface area contributed by atoms with Crippen LogP contribution in [0.3, 0.4) is 0 Å². The normalized spacial score (nSPS) is 10.8. The van der Waals surface area contributed by atoms with Crippen molar-refractivity contribution in [3.05, 3.63) is 71.0 Å². The van der Waals surface area contributed by atoms with E-state index in [4.69, 9.17) is 17.3 Å². The van der Waals surface area contributed by atoms with E-state index >= 15 is 0 Å². The summed E-state index contributed by atoms with van der Waals surface area (Å²) in [7, 11) is 0. The van der Waals surface area contributed by atoms with E-state index in [9.17, 15) is 0 Å². The van der Waals surface area contributed by atoms with E-state index in [1.807, 2.05) is 54.0 Å². The molecule has 3 rings (SSSR count). The second-order valence-electron chi connectivity index (χ2n) is 4.94. The van der Waals surface area contributed by atoms with Crippen molar-refractivity contribution in [1.82, 2.24) is 9.55 Å². The van der Waals surface area contributed by atoms with Crippen molar-refractivity contribution >= 4 is 17.4 Å². The first-order valence-electron chi connectivity index (χ1n) is 6.78. The van der Waals surface area contributed by atoms with Gasteiger partial charge in [0.1, 0.15) is 17.3 Å². The number of nitrogen functional groups attached to an aromatic ring is 1. The number of nitrogens with two attached hydrogens (primary N) is 1. The van der Waals surface area contributed by atoms with Crippen molar-refractivity contribution in [2.45, 2.75) is 13.5 Å². The van der Waals surface area contributed by atoms with Gasteiger partial charge in [0, 0.05) is 5.56 Å². The summed E-state index contributed by atoms with van der Waals surface area (Å²) in [6, 6.07) is 17.8. The third-order valence-corrected chi connectivity index (χ3v) is 3.84. The van der Waals surface area contributed by atoms with Gasteiger partial charge in [0.2, 0.25) is 0 Å². The molecule has 0 aliphatic rings. The molecule has 0 saturated carbocycles. The monoisotopic (exact) mass is 297 g/mol. The fourth-order valence-electron chi connectivity index (χ4n) is 2.40. The summed E-state index contributed by atoms with van der Waals surface area (Å²) in [6.45, 7) is 2.66. The number of benzene rings is 2. The highest BCUT2D eigenvalue weighted by Crippen LogP contribution is 2.32. The fraction of sp³-hybridized carbons (Fsp3) is 0.118. The van der Waals surface area contributed by atoms with Crippen LogP contribution < -0.4 is 5.73 Å². The highest BCUT2D eigenvalue weighted by atomic mass is 35.5. The van der Waals surface area contributed by atoms with E-state index < -0.39 is 0 Å². The first-order chi connectivity index (χ1) is 10.2. The van der Waals surface area contributed by atoms with E-state index in [2.05, 4.69) is 17.1 Å². The predicted molar refractivity (Wildman–Crippen MR) is 87.4 cm³/mol. The number of imidazole rings is 1. The maximum atomic E-state index is 6.29. The lowest BCUT2D eigenvalue weighted by atomic mass is 10.1. The summed E-state index contributed by atoms with van der Waals surface area (Å²) in [5.74, 6) is 1.52. The first kappa shape index (κ1) is 13.7. The van der Waals surface area contributed by atoms with Gasteiger partial charge in [-0.05, 0) is 18.6 Å². The van der Waals surface area contributed by atoms with E-state index in [0.29, 0.717) is 17.4 Å². The third kappa shape index (κ3) is 2.65. The topological polar surface area (TPSA) is 43.8 Å². The molecule has 3 aromatic rings. The van der Waals surface area contributed by atoms with Crippen molar-refractivity contribution in [1.29, 1.82) is 0 Å². The molecule has 2 aromatic carbocycles. The summed E-state index contributed by atoms with van der Waals surface area (Å²) in [4.78, 5) is 4.59. The van der Waals surface area contributed by atoms with Crippen molar-refractivity contribution in [2.24, 2.45) is 0 Å². The molecule has 1 aromatic heterocycles. The van der Waals surface area contributed by atoms with Gasteiger partial charge in [-0.25, -0.2) is 4.98 Å². The molecule has 106 valence electrons. The Bertz CT molecular complexity index is 763. The average Bonchev–Trinajstić information content (AvgIpc) is 2.77. The van der Waals surface area contributed by atoms with Gasteiger partial charge in [0.25, 0.3) is 0 Å². The molecule has 0 atom stereocenters. The lowest BCUT2D eigenvalue weighted by Gasteiger charge is -2.08. The molecule has 0 spiro atoms. The molecule has 21 heavy (non-hydrogen) atoms. The summed E-state index contributed by atoms with van der Waals surface area (Å²) >= 11 is 6.25. The third-order valence-electron chi connectivity index (χ3n) is 3.51. The number of aryl methyl sites for hydroxylation is 1. The highest BCUT2D eigenvalue weighted by Gasteiger charge is 2.15. The number of anilines is 1. The van der Waals surface area contributed by atoms with Gasteiger partial charge in [0.05, 0.1) is 11.6 Å². The molecular weight excluding hydrogens is 282 g/mol. The number of aromatic nitrogens is 2. The van der Waals surface area contributed by atoms with Crippen LogP contribution in [0.5, 0.6) is 0 Å². The summed E-state index contributed by atoms with van der Waals surface area (Å²) in [5, 5.41) is 0.661. The summed E-state index contributed by atoms with van der Waals surface area (Å²) in [6.07, 6.45) is 0. The first-order valence-corrected chi connectivity index (χ1v) is 7.16. The minimum Gasteiger partial charge on any atom is -0.383 e. The maximum Gasteiger partial charge on any atom is 0.132 e. The zero-order chi connectivity index (χ0) is 14.8. The molecule has 4 heteroatoms. The zero-order valence-corrected chi connectivity index (χ0v) is 12.5. The minimum absolute atomic E-state index is 0.643. The van der Waals surface area contributed by atoms with E-state index in [1.165, 1.54) is 5.56 Å². The number of halogens is 1. The van der Waals surface area contributed by atoms with Gasteiger partial charge < -0.3 is 10.3 Å². The van der Waals surface area contributed by atoms with Gasteiger partial charge in [0.15, 0.2) is 0 Å². The van der Waals surface area contributed by atoms with E-state index in [-0.39, 0.29) is 0 Å². The summed E-state index contributed by atoms with van der Waals surface area (Å²) in [5.41, 5.74) is 9.10. The second kappa shape index (κ2) is 5.62. The maximum absolute atomic E-state index is 6.29. The average molecular weight is 298 g/mol. The molecule has 0 bridgehead atoms. The van der Waals surface area contributed by atoms with Crippen LogP contribution in [0.1, 0.15) is 11.4 Å². The Balaban J connectivity index is 2.03. The standard InChI is InChI=1S/C17H16ClN3/c1-12-20-16(14-9-5-6-10-15(14)18)17(19)21(12)11-13-7-3-2-4-8-13/h2-10H,11,19H2,1H3. The van der Waals surface area contributed by atoms with Crippen molar-refractivity contribution < 1.29 is 0 Å². The largest absolute Gasteiger partial charge is 0.383 e. The van der Waals surface area contributed by atoms with Crippen LogP contribution in [0.2, 0.25) is 5.02 Å². The molecule has 2 N–H and O–H groups in total. The minimum atomic E-state index is 0.643. The van der Waals surface area contributed by atoms with Gasteiger partial charge in [-0.15, -0.1) is 0 Å². The summed E-state index contributed by atoms with van der Waals surface area (Å²) < 4.78 is 2.01. The van der Waals surface area contributed by atoms with Crippen LogP contribution in [0.15, 0.2) is 54.6 Å². The molecular formula is C17H16ClN3. The highest BCUT2D eigenvalue weighted by molar-refractivity contribution is 6.33. The number of hydrogen-bond donors (Lipinski definition) is 1. The van der Waals surface area contributed by atoms with E-state index in [1.54, 1.807) is 0 Å². The Labute approximate surface area is 129 Å². The number of hydrogen-bond acceptors (Lipinski definition) is 2. The molecule has 0 saturated heterocycles. The van der Waals surface area contributed by atoms with Gasteiger partial charge in [-0.1, -0.05) is 60.1 Å². The Morgan fingerprint density at radius 2 is 1.71 bits per heavy atom. The Hall–Kier alpha value is -2.26. The molecule has 0 radical (unpaired) electrons. The lowest BCUT2D eigenvalue weighted by molar-refractivity contribution is 0.771. The Morgan fingerprint density at radius 1 is 1.05 bits per heavy atom. The number of nitrogens with zero attached hydrogens (tertiary/aromatic N) is 2. The zero-order valence-electron chi connectivity index (χ0n) is 11.8. The van der Waals surface area contributed by atoms with Crippen LogP contribution in [0.25, 0.3) is 11.3 Å². The smallest absolute Gasteiger partial charge is 0.132 e. The van der Waals surface area contributed by atoms with Crippen LogP contribution in [0.4, 0.5) is 5.82 Å². The van der Waals surface area contributed by atoms with Crippen LogP contribution in [-0.4, -0.2) is 9.55 Å². The molecule has 0 aliphatic heterocycles. The Kier molecular flexibility index (Phi) is 3.67. The molecule has 0 amide bonds.